The maximum absolute atomic E-state index is 11.7. The number of amides is 2. The average Bonchev–Trinajstić information content (AvgIpc) is 2.45. The number of hydrogen-bond acceptors (Lipinski definition) is 2. The van der Waals surface area contributed by atoms with Gasteiger partial charge in [0.2, 0.25) is 0 Å². The molecule has 0 bridgehead atoms. The van der Waals surface area contributed by atoms with Gasteiger partial charge in [0.25, 0.3) is 0 Å². The number of hydrogen-bond donors (Lipinski definition) is 2. The van der Waals surface area contributed by atoms with Crippen LogP contribution in [0.1, 0.15) is 33.1 Å². The Kier molecular flexibility index (Phi) is 3.94. The minimum absolute atomic E-state index is 0.0255. The van der Waals surface area contributed by atoms with Crippen molar-refractivity contribution in [1.82, 2.24) is 10.2 Å². The molecule has 1 saturated heterocycles. The third-order valence-electron chi connectivity index (χ3n) is 2.80. The fourth-order valence-electron chi connectivity index (χ4n) is 1.96. The van der Waals surface area contributed by atoms with Gasteiger partial charge in [0.1, 0.15) is 0 Å². The fraction of sp³-hybridized carbons (Fsp3) is 0.800. The number of aliphatic carboxylic acids is 1. The lowest BCUT2D eigenvalue weighted by atomic mass is 10.2. The number of carboxylic acid groups (broad SMARTS) is 1. The molecule has 5 nitrogen and oxygen atoms in total. The van der Waals surface area contributed by atoms with Crippen LogP contribution in [0.25, 0.3) is 0 Å². The highest BCUT2D eigenvalue weighted by Crippen LogP contribution is 2.22. The van der Waals surface area contributed by atoms with Gasteiger partial charge in [0, 0.05) is 18.6 Å². The van der Waals surface area contributed by atoms with Crippen LogP contribution in [0.5, 0.6) is 0 Å². The molecular weight excluding hydrogens is 196 g/mol. The summed E-state index contributed by atoms with van der Waals surface area (Å²) in [6.45, 7) is 4.23. The summed E-state index contributed by atoms with van der Waals surface area (Å²) in [5.74, 6) is -0.891. The van der Waals surface area contributed by atoms with Gasteiger partial charge in [-0.15, -0.1) is 0 Å². The minimum Gasteiger partial charge on any atom is -0.481 e. The zero-order chi connectivity index (χ0) is 11.4. The van der Waals surface area contributed by atoms with Gasteiger partial charge in [0.15, 0.2) is 0 Å². The van der Waals surface area contributed by atoms with Gasteiger partial charge >= 0.3 is 12.0 Å². The second kappa shape index (κ2) is 5.00. The SMILES string of the molecule is CC1CCC(C)N1C(=O)NCCC(=O)O. The van der Waals surface area contributed by atoms with Gasteiger partial charge in [-0.25, -0.2) is 4.79 Å². The van der Waals surface area contributed by atoms with Crippen molar-refractivity contribution in [2.45, 2.75) is 45.2 Å². The molecule has 1 heterocycles. The molecular formula is C10H18N2O3. The highest BCUT2D eigenvalue weighted by atomic mass is 16.4. The number of rotatable bonds is 3. The third kappa shape index (κ3) is 3.11. The topological polar surface area (TPSA) is 69.6 Å². The molecule has 15 heavy (non-hydrogen) atoms. The minimum atomic E-state index is -0.891. The summed E-state index contributed by atoms with van der Waals surface area (Å²) in [7, 11) is 0. The summed E-state index contributed by atoms with van der Waals surface area (Å²) < 4.78 is 0. The Morgan fingerprint density at radius 3 is 2.33 bits per heavy atom. The molecule has 0 aromatic carbocycles. The van der Waals surface area contributed by atoms with Crippen LogP contribution in [0.4, 0.5) is 4.79 Å². The third-order valence-corrected chi connectivity index (χ3v) is 2.80. The van der Waals surface area contributed by atoms with E-state index < -0.39 is 5.97 Å². The Labute approximate surface area is 89.4 Å². The van der Waals surface area contributed by atoms with E-state index in [1.165, 1.54) is 0 Å². The van der Waals surface area contributed by atoms with Crippen molar-refractivity contribution < 1.29 is 14.7 Å². The lowest BCUT2D eigenvalue weighted by Crippen LogP contribution is -2.45. The van der Waals surface area contributed by atoms with E-state index in [-0.39, 0.29) is 31.1 Å². The number of nitrogens with zero attached hydrogens (tertiary/aromatic N) is 1. The second-order valence-corrected chi connectivity index (χ2v) is 4.06. The number of carbonyl (C=O) groups is 2. The van der Waals surface area contributed by atoms with E-state index in [0.29, 0.717) is 0 Å². The molecule has 1 aliphatic rings. The molecule has 0 aromatic heterocycles. The standard InChI is InChI=1S/C10H18N2O3/c1-7-3-4-8(2)12(7)10(15)11-6-5-9(13)14/h7-8H,3-6H2,1-2H3,(H,11,15)(H,13,14). The van der Waals surface area contributed by atoms with E-state index >= 15 is 0 Å². The molecule has 2 unspecified atom stereocenters. The van der Waals surface area contributed by atoms with Gasteiger partial charge in [0.05, 0.1) is 6.42 Å². The first-order valence-electron chi connectivity index (χ1n) is 5.30. The molecule has 86 valence electrons. The van der Waals surface area contributed by atoms with E-state index in [1.807, 2.05) is 13.8 Å². The van der Waals surface area contributed by atoms with Crippen LogP contribution < -0.4 is 5.32 Å². The van der Waals surface area contributed by atoms with E-state index in [9.17, 15) is 9.59 Å². The number of carbonyl (C=O) groups excluding carboxylic acids is 1. The first kappa shape index (κ1) is 11.8. The molecule has 0 saturated carbocycles. The Morgan fingerprint density at radius 2 is 1.87 bits per heavy atom. The molecule has 1 aliphatic heterocycles. The molecule has 0 aliphatic carbocycles. The Bertz CT molecular complexity index is 245. The van der Waals surface area contributed by atoms with Crippen LogP contribution in [-0.2, 0) is 4.79 Å². The molecule has 1 fully saturated rings. The van der Waals surface area contributed by atoms with Gasteiger partial charge in [-0.1, -0.05) is 0 Å². The van der Waals surface area contributed by atoms with Gasteiger partial charge < -0.3 is 15.3 Å². The van der Waals surface area contributed by atoms with E-state index in [1.54, 1.807) is 4.90 Å². The summed E-state index contributed by atoms with van der Waals surface area (Å²) in [4.78, 5) is 23.7. The van der Waals surface area contributed by atoms with Crippen molar-refractivity contribution in [3.63, 3.8) is 0 Å². The van der Waals surface area contributed by atoms with Crippen LogP contribution >= 0.6 is 0 Å². The highest BCUT2D eigenvalue weighted by molar-refractivity contribution is 5.76. The van der Waals surface area contributed by atoms with E-state index in [4.69, 9.17) is 5.11 Å². The number of likely N-dealkylation sites (tertiary alicyclic amines) is 1. The van der Waals surface area contributed by atoms with Crippen molar-refractivity contribution in [1.29, 1.82) is 0 Å². The van der Waals surface area contributed by atoms with Crippen LogP contribution in [0, 0.1) is 0 Å². The Morgan fingerprint density at radius 1 is 1.33 bits per heavy atom. The first-order chi connectivity index (χ1) is 7.02. The molecule has 0 radical (unpaired) electrons. The zero-order valence-electron chi connectivity index (χ0n) is 9.19. The summed E-state index contributed by atoms with van der Waals surface area (Å²) in [6, 6.07) is 0.364. The maximum Gasteiger partial charge on any atom is 0.317 e. The molecule has 5 heteroatoms. The van der Waals surface area contributed by atoms with Crippen LogP contribution in [0.15, 0.2) is 0 Å². The van der Waals surface area contributed by atoms with Crippen molar-refractivity contribution in [3.8, 4) is 0 Å². The summed E-state index contributed by atoms with van der Waals surface area (Å²) >= 11 is 0. The maximum atomic E-state index is 11.7. The fourth-order valence-corrected chi connectivity index (χ4v) is 1.96. The average molecular weight is 214 g/mol. The van der Waals surface area contributed by atoms with Gasteiger partial charge in [-0.05, 0) is 26.7 Å². The lowest BCUT2D eigenvalue weighted by Gasteiger charge is -2.26. The second-order valence-electron chi connectivity index (χ2n) is 4.06. The smallest absolute Gasteiger partial charge is 0.317 e. The zero-order valence-corrected chi connectivity index (χ0v) is 9.19. The molecule has 0 aromatic rings. The summed E-state index contributed by atoms with van der Waals surface area (Å²) in [5, 5.41) is 11.1. The Hall–Kier alpha value is -1.26. The van der Waals surface area contributed by atoms with Crippen molar-refractivity contribution in [2.24, 2.45) is 0 Å². The highest BCUT2D eigenvalue weighted by Gasteiger charge is 2.30. The van der Waals surface area contributed by atoms with Gasteiger partial charge in [-0.2, -0.15) is 0 Å². The van der Waals surface area contributed by atoms with E-state index in [0.717, 1.165) is 12.8 Å². The number of nitrogens with one attached hydrogen (secondary N) is 1. The Balaban J connectivity index is 2.36. The molecule has 2 N–H and O–H groups in total. The van der Waals surface area contributed by atoms with Crippen LogP contribution in [-0.4, -0.2) is 40.6 Å². The summed E-state index contributed by atoms with van der Waals surface area (Å²) in [6.07, 6.45) is 2.02. The largest absolute Gasteiger partial charge is 0.481 e. The molecule has 0 spiro atoms. The normalized spacial score (nSPS) is 25.3. The van der Waals surface area contributed by atoms with Crippen molar-refractivity contribution in [2.75, 3.05) is 6.54 Å². The van der Waals surface area contributed by atoms with Crippen LogP contribution in [0.3, 0.4) is 0 Å². The summed E-state index contributed by atoms with van der Waals surface area (Å²) in [5.41, 5.74) is 0. The molecule has 2 atom stereocenters. The quantitative estimate of drug-likeness (QED) is 0.737. The van der Waals surface area contributed by atoms with Crippen molar-refractivity contribution >= 4 is 12.0 Å². The number of urea groups is 1. The van der Waals surface area contributed by atoms with Crippen molar-refractivity contribution in [3.05, 3.63) is 0 Å². The van der Waals surface area contributed by atoms with E-state index in [2.05, 4.69) is 5.32 Å². The lowest BCUT2D eigenvalue weighted by molar-refractivity contribution is -0.136. The van der Waals surface area contributed by atoms with Crippen LogP contribution in [0.2, 0.25) is 0 Å². The predicted molar refractivity (Wildman–Crippen MR) is 55.6 cm³/mol. The van der Waals surface area contributed by atoms with Gasteiger partial charge in [-0.3, -0.25) is 4.79 Å². The monoisotopic (exact) mass is 214 g/mol. The first-order valence-corrected chi connectivity index (χ1v) is 5.30. The predicted octanol–water partition coefficient (Wildman–Crippen LogP) is 1.04. The molecule has 1 rings (SSSR count). The number of carboxylic acids is 1. The molecule has 2 amide bonds.